The van der Waals surface area contributed by atoms with Crippen LogP contribution >= 0.6 is 0 Å². The summed E-state index contributed by atoms with van der Waals surface area (Å²) in [4.78, 5) is 2.44. The van der Waals surface area contributed by atoms with Crippen LogP contribution in [0.5, 0.6) is 0 Å². The number of hydrogen-bond acceptors (Lipinski definition) is 1. The van der Waals surface area contributed by atoms with Gasteiger partial charge in [-0.1, -0.05) is 56.7 Å². The fraction of sp³-hybridized carbons (Fsp3) is 0.423. The highest BCUT2D eigenvalue weighted by atomic mass is 15.2. The number of nitrogens with zero attached hydrogens (tertiary/aromatic N) is 2. The molecule has 2 heteroatoms. The van der Waals surface area contributed by atoms with Crippen molar-refractivity contribution in [2.75, 3.05) is 19.0 Å². The Bertz CT molecular complexity index is 933. The molecule has 0 bridgehead atoms. The highest BCUT2D eigenvalue weighted by molar-refractivity contribution is 6.01. The standard InChI is InChI=1S/C26H33N2/c1-7-19-21(8-2)27(5)23(25(19,3)4)18-24-26(16-12-9-13-17-26)20-14-10-11-15-22(20)28(24)6/h7-8,10-11,14-15,18H,1-2,9,12-13,16-17H2,3-6H3/q+1. The van der Waals surface area contributed by atoms with Crippen LogP contribution in [0.15, 0.2) is 72.6 Å². The summed E-state index contributed by atoms with van der Waals surface area (Å²) in [7, 11) is 4.41. The molecule has 1 saturated carbocycles. The average Bonchev–Trinajstić information content (AvgIpc) is 3.03. The lowest BCUT2D eigenvalue weighted by molar-refractivity contribution is -0.435. The molecule has 1 spiro atoms. The quantitative estimate of drug-likeness (QED) is 0.592. The van der Waals surface area contributed by atoms with Gasteiger partial charge in [-0.3, -0.25) is 0 Å². The van der Waals surface area contributed by atoms with E-state index in [-0.39, 0.29) is 10.8 Å². The highest BCUT2D eigenvalue weighted by Crippen LogP contribution is 2.55. The van der Waals surface area contributed by atoms with Crippen molar-refractivity contribution in [3.63, 3.8) is 0 Å². The van der Waals surface area contributed by atoms with Crippen LogP contribution in [-0.2, 0) is 5.41 Å². The van der Waals surface area contributed by atoms with Crippen molar-refractivity contribution in [2.45, 2.75) is 51.4 Å². The van der Waals surface area contributed by atoms with Gasteiger partial charge in [0.15, 0.2) is 5.71 Å². The summed E-state index contributed by atoms with van der Waals surface area (Å²) < 4.78 is 2.31. The molecule has 0 aromatic heterocycles. The zero-order chi connectivity index (χ0) is 20.1. The molecule has 28 heavy (non-hydrogen) atoms. The van der Waals surface area contributed by atoms with E-state index >= 15 is 0 Å². The summed E-state index contributed by atoms with van der Waals surface area (Å²) in [6, 6.07) is 9.01. The van der Waals surface area contributed by atoms with Crippen molar-refractivity contribution in [3.05, 3.63) is 78.2 Å². The van der Waals surface area contributed by atoms with Crippen LogP contribution in [-0.4, -0.2) is 24.4 Å². The van der Waals surface area contributed by atoms with Gasteiger partial charge in [0.25, 0.3) is 0 Å². The van der Waals surface area contributed by atoms with E-state index in [2.05, 4.69) is 80.9 Å². The first kappa shape index (κ1) is 19.0. The van der Waals surface area contributed by atoms with Gasteiger partial charge in [-0.15, -0.1) is 0 Å². The van der Waals surface area contributed by atoms with Crippen molar-refractivity contribution in [3.8, 4) is 0 Å². The Morgan fingerprint density at radius 3 is 2.32 bits per heavy atom. The van der Waals surface area contributed by atoms with Crippen LogP contribution in [0.1, 0.15) is 51.5 Å². The number of rotatable bonds is 3. The summed E-state index contributed by atoms with van der Waals surface area (Å²) in [6.07, 6.45) is 12.9. The Balaban J connectivity index is 1.91. The molecule has 1 aromatic carbocycles. The molecule has 0 unspecified atom stereocenters. The number of para-hydroxylation sites is 1. The predicted molar refractivity (Wildman–Crippen MR) is 120 cm³/mol. The van der Waals surface area contributed by atoms with Gasteiger partial charge >= 0.3 is 0 Å². The van der Waals surface area contributed by atoms with E-state index in [4.69, 9.17) is 0 Å². The molecular weight excluding hydrogens is 340 g/mol. The minimum atomic E-state index is -0.0848. The molecule has 0 radical (unpaired) electrons. The molecule has 1 aromatic rings. The van der Waals surface area contributed by atoms with Crippen LogP contribution < -0.4 is 4.90 Å². The van der Waals surface area contributed by atoms with Gasteiger partial charge in [0.2, 0.25) is 5.70 Å². The average molecular weight is 374 g/mol. The fourth-order valence-corrected chi connectivity index (χ4v) is 5.88. The zero-order valence-electron chi connectivity index (χ0n) is 17.9. The van der Waals surface area contributed by atoms with E-state index in [0.29, 0.717) is 0 Å². The van der Waals surface area contributed by atoms with E-state index < -0.39 is 0 Å². The Hall–Kier alpha value is -2.35. The Kier molecular flexibility index (Phi) is 4.49. The van der Waals surface area contributed by atoms with E-state index in [1.54, 1.807) is 0 Å². The Labute approximate surface area is 170 Å². The number of allylic oxidation sites excluding steroid dienone is 5. The fourth-order valence-electron chi connectivity index (χ4n) is 5.88. The van der Waals surface area contributed by atoms with Crippen molar-refractivity contribution >= 4 is 11.4 Å². The summed E-state index contributed by atoms with van der Waals surface area (Å²) >= 11 is 0. The summed E-state index contributed by atoms with van der Waals surface area (Å²) in [5.74, 6) is 0. The lowest BCUT2D eigenvalue weighted by Crippen LogP contribution is -2.34. The molecule has 0 saturated heterocycles. The largest absolute Gasteiger partial charge is 0.347 e. The van der Waals surface area contributed by atoms with Crippen molar-refractivity contribution in [1.82, 2.24) is 0 Å². The lowest BCUT2D eigenvalue weighted by Gasteiger charge is -2.36. The van der Waals surface area contributed by atoms with Gasteiger partial charge in [-0.25, -0.2) is 0 Å². The molecule has 0 N–H and O–H groups in total. The van der Waals surface area contributed by atoms with Gasteiger partial charge in [0.1, 0.15) is 7.05 Å². The number of anilines is 1. The van der Waals surface area contributed by atoms with E-state index in [1.807, 2.05) is 12.2 Å². The maximum Gasteiger partial charge on any atom is 0.208 e. The minimum Gasteiger partial charge on any atom is -0.347 e. The molecule has 2 aliphatic heterocycles. The third-order valence-electron chi connectivity index (χ3n) is 7.32. The van der Waals surface area contributed by atoms with Crippen LogP contribution in [0.4, 0.5) is 5.69 Å². The normalized spacial score (nSPS) is 24.3. The second-order valence-corrected chi connectivity index (χ2v) is 9.02. The van der Waals surface area contributed by atoms with Crippen molar-refractivity contribution in [1.29, 1.82) is 0 Å². The number of likely N-dealkylation sites (N-methyl/N-ethyl adjacent to an activating group) is 2. The van der Waals surface area contributed by atoms with Gasteiger partial charge in [-0.2, -0.15) is 4.58 Å². The molecule has 0 amide bonds. The second-order valence-electron chi connectivity index (χ2n) is 9.02. The van der Waals surface area contributed by atoms with E-state index in [1.165, 1.54) is 66.0 Å². The molecule has 1 aliphatic carbocycles. The molecular formula is C26H33N2+. The third-order valence-corrected chi connectivity index (χ3v) is 7.32. The van der Waals surface area contributed by atoms with Gasteiger partial charge in [0, 0.05) is 41.6 Å². The van der Waals surface area contributed by atoms with Crippen molar-refractivity contribution in [2.24, 2.45) is 5.41 Å². The van der Waals surface area contributed by atoms with E-state index in [0.717, 1.165) is 0 Å². The number of fused-ring (bicyclic) bond motifs is 2. The Morgan fingerprint density at radius 1 is 1.04 bits per heavy atom. The smallest absolute Gasteiger partial charge is 0.208 e. The summed E-state index contributed by atoms with van der Waals surface area (Å²) in [5, 5.41) is 0. The molecule has 3 aliphatic rings. The highest BCUT2D eigenvalue weighted by Gasteiger charge is 2.49. The van der Waals surface area contributed by atoms with Gasteiger partial charge in [-0.05, 0) is 38.3 Å². The first-order valence-corrected chi connectivity index (χ1v) is 10.5. The third kappa shape index (κ3) is 2.43. The molecule has 1 fully saturated rings. The number of benzene rings is 1. The minimum absolute atomic E-state index is 0.0848. The molecule has 2 nitrogen and oxygen atoms in total. The molecule has 0 atom stereocenters. The van der Waals surface area contributed by atoms with Crippen LogP contribution in [0, 0.1) is 5.41 Å². The second kappa shape index (κ2) is 6.62. The van der Waals surface area contributed by atoms with Gasteiger partial charge in [0.05, 0.1) is 5.41 Å². The molecule has 2 heterocycles. The summed E-state index contributed by atoms with van der Waals surface area (Å²) in [6.45, 7) is 12.8. The first-order valence-electron chi connectivity index (χ1n) is 10.5. The Morgan fingerprint density at radius 2 is 1.71 bits per heavy atom. The maximum atomic E-state index is 4.09. The molecule has 4 rings (SSSR count). The lowest BCUT2D eigenvalue weighted by atomic mass is 9.68. The first-order chi connectivity index (χ1) is 13.4. The van der Waals surface area contributed by atoms with E-state index in [9.17, 15) is 0 Å². The maximum absolute atomic E-state index is 4.09. The topological polar surface area (TPSA) is 6.25 Å². The van der Waals surface area contributed by atoms with Crippen molar-refractivity contribution < 1.29 is 4.58 Å². The monoisotopic (exact) mass is 373 g/mol. The number of hydrogen-bond donors (Lipinski definition) is 0. The van der Waals surface area contributed by atoms with Crippen LogP contribution in [0.3, 0.4) is 0 Å². The zero-order valence-corrected chi connectivity index (χ0v) is 17.9. The van der Waals surface area contributed by atoms with Crippen LogP contribution in [0.2, 0.25) is 0 Å². The van der Waals surface area contributed by atoms with Crippen LogP contribution in [0.25, 0.3) is 0 Å². The predicted octanol–water partition coefficient (Wildman–Crippen LogP) is 5.97. The van der Waals surface area contributed by atoms with Gasteiger partial charge < -0.3 is 4.90 Å². The molecule has 146 valence electrons. The summed E-state index contributed by atoms with van der Waals surface area (Å²) in [5.41, 5.74) is 8.17. The SMILES string of the molecule is C=CC1=C(C=C)C(C)(C)C(C=C2N(C)c3ccccc3C23CCCCC3)=[N+]1C.